The Bertz CT molecular complexity index is 592. The quantitative estimate of drug-likeness (QED) is 0.739. The van der Waals surface area contributed by atoms with Crippen LogP contribution in [0.5, 0.6) is 0 Å². The first-order chi connectivity index (χ1) is 11.3. The van der Waals surface area contributed by atoms with Crippen LogP contribution < -0.4 is 0 Å². The minimum Gasteiger partial charge on any atom is -0.303 e. The van der Waals surface area contributed by atoms with Gasteiger partial charge in [-0.25, -0.2) is 0 Å². The SMILES string of the molecule is C=Cc1ccc(CCN2CCC(Cc3ccccc3)CC2)cc1. The third-order valence-corrected chi connectivity index (χ3v) is 5.01. The zero-order valence-electron chi connectivity index (χ0n) is 14.0. The standard InChI is InChI=1S/C22H27N/c1-2-19-8-10-20(11-9-19)12-15-23-16-13-22(14-17-23)18-21-6-4-3-5-7-21/h2-11,22H,1,12-18H2. The highest BCUT2D eigenvalue weighted by Gasteiger charge is 2.19. The molecule has 1 heterocycles. The zero-order chi connectivity index (χ0) is 15.9. The lowest BCUT2D eigenvalue weighted by Gasteiger charge is -2.32. The minimum atomic E-state index is 0.862. The maximum atomic E-state index is 3.81. The van der Waals surface area contributed by atoms with Crippen LogP contribution in [0.1, 0.15) is 29.5 Å². The van der Waals surface area contributed by atoms with Gasteiger partial charge in [0.2, 0.25) is 0 Å². The summed E-state index contributed by atoms with van der Waals surface area (Å²) in [5.41, 5.74) is 4.13. The molecule has 3 rings (SSSR count). The Labute approximate surface area is 140 Å². The molecule has 0 amide bonds. The van der Waals surface area contributed by atoms with E-state index in [4.69, 9.17) is 0 Å². The van der Waals surface area contributed by atoms with Crippen molar-refractivity contribution in [2.75, 3.05) is 19.6 Å². The summed E-state index contributed by atoms with van der Waals surface area (Å²) in [6.07, 6.45) is 6.98. The molecule has 0 bridgehead atoms. The van der Waals surface area contributed by atoms with Gasteiger partial charge in [-0.2, -0.15) is 0 Å². The van der Waals surface area contributed by atoms with Crippen molar-refractivity contribution in [1.29, 1.82) is 0 Å². The Morgan fingerprint density at radius 2 is 1.61 bits per heavy atom. The summed E-state index contributed by atoms with van der Waals surface area (Å²) in [5, 5.41) is 0. The summed E-state index contributed by atoms with van der Waals surface area (Å²) in [6, 6.07) is 19.7. The van der Waals surface area contributed by atoms with Crippen LogP contribution in [0.15, 0.2) is 61.2 Å². The van der Waals surface area contributed by atoms with Crippen molar-refractivity contribution in [3.63, 3.8) is 0 Å². The molecule has 2 aromatic rings. The second kappa shape index (κ2) is 8.12. The molecule has 1 fully saturated rings. The van der Waals surface area contributed by atoms with Crippen molar-refractivity contribution in [1.82, 2.24) is 4.90 Å². The lowest BCUT2D eigenvalue weighted by atomic mass is 9.90. The molecule has 0 atom stereocenters. The van der Waals surface area contributed by atoms with Gasteiger partial charge >= 0.3 is 0 Å². The molecule has 0 N–H and O–H groups in total. The zero-order valence-corrected chi connectivity index (χ0v) is 14.0. The van der Waals surface area contributed by atoms with Crippen molar-refractivity contribution in [3.8, 4) is 0 Å². The van der Waals surface area contributed by atoms with Crippen LogP contribution in [-0.4, -0.2) is 24.5 Å². The average Bonchev–Trinajstić information content (AvgIpc) is 2.62. The van der Waals surface area contributed by atoms with E-state index in [2.05, 4.69) is 66.1 Å². The van der Waals surface area contributed by atoms with Gasteiger partial charge in [0.05, 0.1) is 0 Å². The predicted molar refractivity (Wildman–Crippen MR) is 99.5 cm³/mol. The monoisotopic (exact) mass is 305 g/mol. The topological polar surface area (TPSA) is 3.24 Å². The van der Waals surface area contributed by atoms with E-state index in [1.165, 1.54) is 55.6 Å². The summed E-state index contributed by atoms with van der Waals surface area (Å²) in [6.45, 7) is 7.50. The van der Waals surface area contributed by atoms with Gasteiger partial charge in [-0.1, -0.05) is 67.3 Å². The third-order valence-electron chi connectivity index (χ3n) is 5.01. The van der Waals surface area contributed by atoms with Gasteiger partial charge in [-0.05, 0) is 61.4 Å². The van der Waals surface area contributed by atoms with Crippen molar-refractivity contribution in [3.05, 3.63) is 77.9 Å². The van der Waals surface area contributed by atoms with Crippen LogP contribution in [-0.2, 0) is 12.8 Å². The van der Waals surface area contributed by atoms with Crippen molar-refractivity contribution in [2.45, 2.75) is 25.7 Å². The van der Waals surface area contributed by atoms with Gasteiger partial charge in [0.25, 0.3) is 0 Å². The van der Waals surface area contributed by atoms with Crippen LogP contribution in [0.4, 0.5) is 0 Å². The first kappa shape index (κ1) is 16.0. The van der Waals surface area contributed by atoms with E-state index in [0.29, 0.717) is 0 Å². The summed E-state index contributed by atoms with van der Waals surface area (Å²) in [7, 11) is 0. The van der Waals surface area contributed by atoms with E-state index in [0.717, 1.165) is 12.3 Å². The smallest absolute Gasteiger partial charge is 0.00218 e. The molecule has 2 aromatic carbocycles. The Morgan fingerprint density at radius 3 is 2.26 bits per heavy atom. The number of rotatable bonds is 6. The van der Waals surface area contributed by atoms with Crippen LogP contribution in [0, 0.1) is 5.92 Å². The number of nitrogens with zero attached hydrogens (tertiary/aromatic N) is 1. The normalized spacial score (nSPS) is 16.3. The highest BCUT2D eigenvalue weighted by atomic mass is 15.1. The molecule has 1 aliphatic heterocycles. The molecule has 1 aliphatic rings. The Morgan fingerprint density at radius 1 is 0.913 bits per heavy atom. The molecule has 0 saturated carbocycles. The second-order valence-corrected chi connectivity index (χ2v) is 6.67. The minimum absolute atomic E-state index is 0.862. The maximum absolute atomic E-state index is 3.81. The molecule has 120 valence electrons. The van der Waals surface area contributed by atoms with E-state index in [9.17, 15) is 0 Å². The number of benzene rings is 2. The molecule has 0 spiro atoms. The molecule has 0 unspecified atom stereocenters. The van der Waals surface area contributed by atoms with E-state index in [1.54, 1.807) is 0 Å². The molecule has 1 heteroatoms. The predicted octanol–water partition coefficient (Wildman–Crippen LogP) is 4.83. The Hall–Kier alpha value is -1.86. The van der Waals surface area contributed by atoms with E-state index >= 15 is 0 Å². The van der Waals surface area contributed by atoms with Crippen LogP contribution in [0.3, 0.4) is 0 Å². The summed E-state index contributed by atoms with van der Waals surface area (Å²) in [4.78, 5) is 2.63. The first-order valence-corrected chi connectivity index (χ1v) is 8.81. The van der Waals surface area contributed by atoms with E-state index < -0.39 is 0 Å². The molecule has 0 aromatic heterocycles. The molecule has 1 nitrogen and oxygen atoms in total. The number of hydrogen-bond acceptors (Lipinski definition) is 1. The van der Waals surface area contributed by atoms with Crippen molar-refractivity contribution in [2.24, 2.45) is 5.92 Å². The molecular weight excluding hydrogens is 278 g/mol. The molecule has 0 aliphatic carbocycles. The second-order valence-electron chi connectivity index (χ2n) is 6.67. The molecule has 1 saturated heterocycles. The molecule has 0 radical (unpaired) electrons. The van der Waals surface area contributed by atoms with Gasteiger partial charge in [-0.3, -0.25) is 0 Å². The molecular formula is C22H27N. The van der Waals surface area contributed by atoms with Gasteiger partial charge in [0.1, 0.15) is 0 Å². The first-order valence-electron chi connectivity index (χ1n) is 8.81. The van der Waals surface area contributed by atoms with Crippen molar-refractivity contribution >= 4 is 6.08 Å². The average molecular weight is 305 g/mol. The van der Waals surface area contributed by atoms with Gasteiger partial charge in [0.15, 0.2) is 0 Å². The Balaban J connectivity index is 1.41. The number of hydrogen-bond donors (Lipinski definition) is 0. The summed E-state index contributed by atoms with van der Waals surface area (Å²) >= 11 is 0. The largest absolute Gasteiger partial charge is 0.303 e. The van der Waals surface area contributed by atoms with Crippen molar-refractivity contribution < 1.29 is 0 Å². The van der Waals surface area contributed by atoms with Crippen LogP contribution in [0.2, 0.25) is 0 Å². The highest BCUT2D eigenvalue weighted by Crippen LogP contribution is 2.21. The van der Waals surface area contributed by atoms with E-state index in [-0.39, 0.29) is 0 Å². The fourth-order valence-electron chi connectivity index (χ4n) is 3.47. The van der Waals surface area contributed by atoms with Crippen LogP contribution in [0.25, 0.3) is 6.08 Å². The highest BCUT2D eigenvalue weighted by molar-refractivity contribution is 5.47. The van der Waals surface area contributed by atoms with Gasteiger partial charge < -0.3 is 4.90 Å². The summed E-state index contributed by atoms with van der Waals surface area (Å²) in [5.74, 6) is 0.862. The molecule has 23 heavy (non-hydrogen) atoms. The maximum Gasteiger partial charge on any atom is 0.00218 e. The fourth-order valence-corrected chi connectivity index (χ4v) is 3.47. The van der Waals surface area contributed by atoms with Gasteiger partial charge in [-0.15, -0.1) is 0 Å². The number of piperidine rings is 1. The number of likely N-dealkylation sites (tertiary alicyclic amines) is 1. The fraction of sp³-hybridized carbons (Fsp3) is 0.364. The van der Waals surface area contributed by atoms with Gasteiger partial charge in [0, 0.05) is 6.54 Å². The van der Waals surface area contributed by atoms with E-state index in [1.807, 2.05) is 6.08 Å². The lowest BCUT2D eigenvalue weighted by molar-refractivity contribution is 0.186. The van der Waals surface area contributed by atoms with Crippen LogP contribution >= 0.6 is 0 Å². The Kier molecular flexibility index (Phi) is 5.65. The third kappa shape index (κ3) is 4.80. The lowest BCUT2D eigenvalue weighted by Crippen LogP contribution is -2.35. The summed E-state index contributed by atoms with van der Waals surface area (Å²) < 4.78 is 0.